The first kappa shape index (κ1) is 20.2. The zero-order valence-corrected chi connectivity index (χ0v) is 17.9. The van der Waals surface area contributed by atoms with Crippen molar-refractivity contribution in [1.29, 1.82) is 0 Å². The van der Waals surface area contributed by atoms with Crippen LogP contribution in [-0.4, -0.2) is 35.4 Å². The van der Waals surface area contributed by atoms with E-state index < -0.39 is 11.6 Å². The number of aromatic amines is 1. The lowest BCUT2D eigenvalue weighted by Crippen LogP contribution is -2.87. The highest BCUT2D eigenvalue weighted by molar-refractivity contribution is 7.71. The molecule has 0 saturated carbocycles. The highest BCUT2D eigenvalue weighted by atomic mass is 32.1. The van der Waals surface area contributed by atoms with Crippen LogP contribution >= 0.6 is 12.2 Å². The van der Waals surface area contributed by atoms with Crippen LogP contribution in [0, 0.1) is 11.7 Å². The summed E-state index contributed by atoms with van der Waals surface area (Å²) >= 11 is 5.36. The Labute approximate surface area is 178 Å². The summed E-state index contributed by atoms with van der Waals surface area (Å²) in [6.07, 6.45) is 0.821. The van der Waals surface area contributed by atoms with E-state index in [9.17, 15) is 9.90 Å². The van der Waals surface area contributed by atoms with Crippen molar-refractivity contribution in [3.63, 3.8) is 0 Å². The predicted octanol–water partition coefficient (Wildman–Crippen LogP) is 2.14. The Morgan fingerprint density at radius 3 is 2.63 bits per heavy atom. The zero-order chi connectivity index (χ0) is 21.4. The summed E-state index contributed by atoms with van der Waals surface area (Å²) in [5.74, 6) is 1.07. The van der Waals surface area contributed by atoms with Gasteiger partial charge in [-0.05, 0) is 54.5 Å². The van der Waals surface area contributed by atoms with Crippen LogP contribution in [0.1, 0.15) is 28.3 Å². The first-order valence-electron chi connectivity index (χ1n) is 9.68. The summed E-state index contributed by atoms with van der Waals surface area (Å²) in [5.41, 5.74) is 3.55. The van der Waals surface area contributed by atoms with Crippen molar-refractivity contribution in [1.82, 2.24) is 9.55 Å². The summed E-state index contributed by atoms with van der Waals surface area (Å²) in [6.45, 7) is 2.73. The van der Waals surface area contributed by atoms with Gasteiger partial charge in [-0.25, -0.2) is 0 Å². The molecule has 1 aliphatic rings. The Morgan fingerprint density at radius 1 is 1.20 bits per heavy atom. The molecule has 4 rings (SSSR count). The largest absolute Gasteiger partial charge is 0.494 e. The van der Waals surface area contributed by atoms with Gasteiger partial charge in [-0.15, -0.1) is 0 Å². The highest BCUT2D eigenvalue weighted by Crippen LogP contribution is 2.36. The number of quaternary nitrogens is 1. The molecule has 0 fully saturated rings. The van der Waals surface area contributed by atoms with Gasteiger partial charge in [-0.2, -0.15) is 0 Å². The molecular weight excluding hydrogens is 402 g/mol. The van der Waals surface area contributed by atoms with Gasteiger partial charge in [0.25, 0.3) is 5.56 Å². The number of aromatic hydroxyl groups is 1. The highest BCUT2D eigenvalue weighted by Gasteiger charge is 2.33. The molecule has 0 aliphatic carbocycles. The Bertz CT molecular complexity index is 1230. The van der Waals surface area contributed by atoms with Crippen LogP contribution in [0.25, 0.3) is 5.69 Å². The predicted molar refractivity (Wildman–Crippen MR) is 116 cm³/mol. The maximum atomic E-state index is 12.9. The smallest absolute Gasteiger partial charge is 0.265 e. The number of benzene rings is 2. The number of H-pyrrole nitrogens is 1. The number of aryl methyl sites for hydroxylation is 1. The van der Waals surface area contributed by atoms with Crippen molar-refractivity contribution in [3.05, 3.63) is 73.8 Å². The number of nitrogens with one attached hydrogen (secondary N) is 1. The summed E-state index contributed by atoms with van der Waals surface area (Å²) in [7, 11) is 3.17. The number of methoxy groups -OCH3 is 2. The van der Waals surface area contributed by atoms with E-state index in [1.165, 1.54) is 4.57 Å². The summed E-state index contributed by atoms with van der Waals surface area (Å²) < 4.78 is 12.5. The summed E-state index contributed by atoms with van der Waals surface area (Å²) in [5, 5.41) is 13.2. The van der Waals surface area contributed by atoms with E-state index in [1.807, 2.05) is 48.6 Å². The minimum atomic E-state index is -0.399. The van der Waals surface area contributed by atoms with Crippen molar-refractivity contribution in [3.8, 4) is 23.1 Å². The SMILES string of the molecule is COc1cc2c(cc1OC)[C@H](c1c(O)n(-c3cccc(C)c3)c(=S)[nH]c1=O)[NH2+]CC2. The number of hydrogen-bond donors (Lipinski definition) is 3. The van der Waals surface area contributed by atoms with Gasteiger partial charge in [0.05, 0.1) is 26.5 Å². The molecule has 0 saturated heterocycles. The fraction of sp³-hybridized carbons (Fsp3) is 0.273. The van der Waals surface area contributed by atoms with Gasteiger partial charge in [0.15, 0.2) is 16.3 Å². The topological polar surface area (TPSA) is 93.1 Å². The van der Waals surface area contributed by atoms with Gasteiger partial charge in [0.1, 0.15) is 11.6 Å². The van der Waals surface area contributed by atoms with Crippen molar-refractivity contribution in [2.24, 2.45) is 0 Å². The fourth-order valence-electron chi connectivity index (χ4n) is 4.07. The number of nitrogens with two attached hydrogens (primary N) is 1. The van der Waals surface area contributed by atoms with Gasteiger partial charge < -0.3 is 19.9 Å². The molecule has 0 bridgehead atoms. The van der Waals surface area contributed by atoms with Crippen LogP contribution in [0.4, 0.5) is 0 Å². The second-order valence-corrected chi connectivity index (χ2v) is 7.72. The molecule has 3 aromatic rings. The zero-order valence-electron chi connectivity index (χ0n) is 17.1. The van der Waals surface area contributed by atoms with E-state index in [0.717, 1.165) is 29.7 Å². The maximum Gasteiger partial charge on any atom is 0.265 e. The molecule has 1 aromatic heterocycles. The number of hydrogen-bond acceptors (Lipinski definition) is 5. The van der Waals surface area contributed by atoms with Crippen LogP contribution in [0.2, 0.25) is 0 Å². The molecule has 1 aliphatic heterocycles. The van der Waals surface area contributed by atoms with Gasteiger partial charge in [-0.3, -0.25) is 14.3 Å². The minimum absolute atomic E-state index is 0.148. The second-order valence-electron chi connectivity index (χ2n) is 7.33. The van der Waals surface area contributed by atoms with Crippen molar-refractivity contribution >= 4 is 12.2 Å². The average Bonchev–Trinajstić information content (AvgIpc) is 2.72. The molecule has 4 N–H and O–H groups in total. The molecule has 156 valence electrons. The third-order valence-electron chi connectivity index (χ3n) is 5.49. The molecule has 0 unspecified atom stereocenters. The van der Waals surface area contributed by atoms with E-state index >= 15 is 0 Å². The molecule has 0 radical (unpaired) electrons. The normalized spacial score (nSPS) is 15.5. The van der Waals surface area contributed by atoms with E-state index in [-0.39, 0.29) is 16.2 Å². The van der Waals surface area contributed by atoms with Crippen molar-refractivity contribution in [2.75, 3.05) is 20.8 Å². The number of nitrogens with zero attached hydrogens (tertiary/aromatic N) is 1. The summed E-state index contributed by atoms with van der Waals surface area (Å²) in [4.78, 5) is 15.7. The average molecular weight is 427 g/mol. The third-order valence-corrected chi connectivity index (χ3v) is 5.77. The number of ether oxygens (including phenoxy) is 2. The molecule has 7 nitrogen and oxygen atoms in total. The standard InChI is InChI=1S/C22H23N3O4S/c1-12-5-4-6-14(9-12)25-21(27)18(20(26)24-22(25)30)19-15-11-17(29-3)16(28-2)10-13(15)7-8-23-19/h4-6,9-11,19,23,27H,7-8H2,1-3H3,(H,24,26,30)/p+1/t19-/m1/s1. The van der Waals surface area contributed by atoms with E-state index in [2.05, 4.69) is 4.98 Å². The van der Waals surface area contributed by atoms with Crippen molar-refractivity contribution < 1.29 is 19.9 Å². The van der Waals surface area contributed by atoms with Gasteiger partial charge in [0, 0.05) is 12.0 Å². The van der Waals surface area contributed by atoms with Crippen molar-refractivity contribution in [2.45, 2.75) is 19.4 Å². The minimum Gasteiger partial charge on any atom is -0.494 e. The molecule has 2 aromatic carbocycles. The molecule has 30 heavy (non-hydrogen) atoms. The van der Waals surface area contributed by atoms with Gasteiger partial charge in [0.2, 0.25) is 5.88 Å². The molecular formula is C22H24N3O4S+. The van der Waals surface area contributed by atoms with Crippen LogP contribution in [0.5, 0.6) is 17.4 Å². The van der Waals surface area contributed by atoms with Crippen LogP contribution in [0.3, 0.4) is 0 Å². The molecule has 0 spiro atoms. The lowest BCUT2D eigenvalue weighted by Gasteiger charge is -2.26. The lowest BCUT2D eigenvalue weighted by atomic mass is 9.90. The maximum absolute atomic E-state index is 12.9. The molecule has 0 amide bonds. The number of fused-ring (bicyclic) bond motifs is 1. The monoisotopic (exact) mass is 426 g/mol. The van der Waals surface area contributed by atoms with Gasteiger partial charge in [-0.1, -0.05) is 12.1 Å². The molecule has 8 heteroatoms. The van der Waals surface area contributed by atoms with Gasteiger partial charge >= 0.3 is 0 Å². The molecule has 2 heterocycles. The number of rotatable bonds is 4. The Morgan fingerprint density at radius 2 is 1.93 bits per heavy atom. The fourth-order valence-corrected chi connectivity index (χ4v) is 4.36. The first-order valence-corrected chi connectivity index (χ1v) is 10.1. The third kappa shape index (κ3) is 3.38. The second kappa shape index (κ2) is 7.97. The van der Waals surface area contributed by atoms with E-state index in [0.29, 0.717) is 17.2 Å². The Kier molecular flexibility index (Phi) is 5.36. The Hall–Kier alpha value is -3.10. The quantitative estimate of drug-likeness (QED) is 0.556. The summed E-state index contributed by atoms with van der Waals surface area (Å²) in [6, 6.07) is 11.0. The van der Waals surface area contributed by atoms with Crippen LogP contribution in [-0.2, 0) is 6.42 Å². The molecule has 1 atom stereocenters. The van der Waals surface area contributed by atoms with Crippen LogP contribution < -0.4 is 20.3 Å². The number of aromatic nitrogens is 2. The Balaban J connectivity index is 1.94. The first-order chi connectivity index (χ1) is 14.4. The van der Waals surface area contributed by atoms with E-state index in [4.69, 9.17) is 21.7 Å². The van der Waals surface area contributed by atoms with Crippen LogP contribution in [0.15, 0.2) is 41.2 Å². The van der Waals surface area contributed by atoms with E-state index in [1.54, 1.807) is 14.2 Å². The lowest BCUT2D eigenvalue weighted by molar-refractivity contribution is -0.690.